The number of anilines is 2. The van der Waals surface area contributed by atoms with Crippen molar-refractivity contribution in [2.45, 2.75) is 6.42 Å². The molecule has 0 saturated carbocycles. The average Bonchev–Trinajstić information content (AvgIpc) is 3.05. The van der Waals surface area contributed by atoms with Crippen LogP contribution in [-0.4, -0.2) is 22.6 Å². The third-order valence-electron chi connectivity index (χ3n) is 3.36. The standard InChI is InChI=1S/C17H14Cl2N4OS/c18-13-7-6-12(10-14(13)19)15(24)21-17-23-22-16(25-17)20-9-8-11-4-2-1-3-5-11/h1-7,10H,8-9H2,(H,20,22)(H,21,23,24). The largest absolute Gasteiger partial charge is 0.360 e. The molecule has 0 bridgehead atoms. The quantitative estimate of drug-likeness (QED) is 0.634. The van der Waals surface area contributed by atoms with Gasteiger partial charge in [0.05, 0.1) is 10.0 Å². The molecule has 0 aliphatic heterocycles. The molecule has 5 nitrogen and oxygen atoms in total. The molecule has 0 radical (unpaired) electrons. The summed E-state index contributed by atoms with van der Waals surface area (Å²) in [4.78, 5) is 12.2. The number of rotatable bonds is 6. The molecular weight excluding hydrogens is 379 g/mol. The number of carbonyl (C=O) groups is 1. The molecule has 1 heterocycles. The Kier molecular flexibility index (Phi) is 5.86. The Balaban J connectivity index is 1.54. The van der Waals surface area contributed by atoms with Gasteiger partial charge in [-0.3, -0.25) is 10.1 Å². The minimum Gasteiger partial charge on any atom is -0.360 e. The highest BCUT2D eigenvalue weighted by atomic mass is 35.5. The third kappa shape index (κ3) is 4.92. The van der Waals surface area contributed by atoms with E-state index in [0.717, 1.165) is 13.0 Å². The van der Waals surface area contributed by atoms with Gasteiger partial charge in [0, 0.05) is 12.1 Å². The summed E-state index contributed by atoms with van der Waals surface area (Å²) in [5.41, 5.74) is 1.65. The molecule has 3 rings (SSSR count). The van der Waals surface area contributed by atoms with Crippen LogP contribution in [-0.2, 0) is 6.42 Å². The summed E-state index contributed by atoms with van der Waals surface area (Å²) in [7, 11) is 0. The molecule has 2 aromatic carbocycles. The Labute approximate surface area is 159 Å². The van der Waals surface area contributed by atoms with Crippen molar-refractivity contribution in [1.82, 2.24) is 10.2 Å². The first-order valence-corrected chi connectivity index (χ1v) is 9.07. The number of halogens is 2. The molecule has 0 spiro atoms. The summed E-state index contributed by atoms with van der Waals surface area (Å²) in [6.45, 7) is 0.736. The van der Waals surface area contributed by atoms with Crippen molar-refractivity contribution < 1.29 is 4.79 Å². The Morgan fingerprint density at radius 2 is 1.76 bits per heavy atom. The fourth-order valence-electron chi connectivity index (χ4n) is 2.11. The van der Waals surface area contributed by atoms with Crippen LogP contribution in [0.3, 0.4) is 0 Å². The number of hydrogen-bond donors (Lipinski definition) is 2. The van der Waals surface area contributed by atoms with Gasteiger partial charge in [-0.2, -0.15) is 0 Å². The summed E-state index contributed by atoms with van der Waals surface area (Å²) in [6.07, 6.45) is 0.880. The second-order valence-corrected chi connectivity index (χ2v) is 6.95. The lowest BCUT2D eigenvalue weighted by atomic mass is 10.2. The number of nitrogens with zero attached hydrogens (tertiary/aromatic N) is 2. The number of benzene rings is 2. The van der Waals surface area contributed by atoms with Gasteiger partial charge < -0.3 is 5.32 Å². The van der Waals surface area contributed by atoms with E-state index in [4.69, 9.17) is 23.2 Å². The number of hydrogen-bond acceptors (Lipinski definition) is 5. The van der Waals surface area contributed by atoms with Gasteiger partial charge in [-0.25, -0.2) is 0 Å². The van der Waals surface area contributed by atoms with E-state index < -0.39 is 0 Å². The molecule has 1 amide bonds. The van der Waals surface area contributed by atoms with Crippen LogP contribution in [0.15, 0.2) is 48.5 Å². The molecule has 0 aliphatic carbocycles. The normalized spacial score (nSPS) is 10.5. The minimum absolute atomic E-state index is 0.314. The number of aromatic nitrogens is 2. The van der Waals surface area contributed by atoms with Crippen LogP contribution < -0.4 is 10.6 Å². The first-order valence-electron chi connectivity index (χ1n) is 7.49. The minimum atomic E-state index is -0.314. The molecule has 3 aromatic rings. The Morgan fingerprint density at radius 3 is 2.52 bits per heavy atom. The smallest absolute Gasteiger partial charge is 0.257 e. The summed E-state index contributed by atoms with van der Waals surface area (Å²) >= 11 is 13.0. The maximum Gasteiger partial charge on any atom is 0.257 e. The number of nitrogens with one attached hydrogen (secondary N) is 2. The molecule has 1 aromatic heterocycles. The lowest BCUT2D eigenvalue weighted by Crippen LogP contribution is -2.11. The summed E-state index contributed by atoms with van der Waals surface area (Å²) < 4.78 is 0. The second kappa shape index (κ2) is 8.29. The zero-order valence-electron chi connectivity index (χ0n) is 13.0. The fraction of sp³-hybridized carbons (Fsp3) is 0.118. The van der Waals surface area contributed by atoms with Crippen molar-refractivity contribution in [3.05, 3.63) is 69.7 Å². The van der Waals surface area contributed by atoms with Gasteiger partial charge in [0.25, 0.3) is 5.91 Å². The van der Waals surface area contributed by atoms with Crippen molar-refractivity contribution in [1.29, 1.82) is 0 Å². The molecule has 2 N–H and O–H groups in total. The SMILES string of the molecule is O=C(Nc1nnc(NCCc2ccccc2)s1)c1ccc(Cl)c(Cl)c1. The summed E-state index contributed by atoms with van der Waals surface area (Å²) in [5, 5.41) is 15.7. The zero-order valence-corrected chi connectivity index (χ0v) is 15.3. The van der Waals surface area contributed by atoms with Crippen LogP contribution in [0.5, 0.6) is 0 Å². The molecule has 25 heavy (non-hydrogen) atoms. The maximum absolute atomic E-state index is 12.2. The van der Waals surface area contributed by atoms with Crippen molar-refractivity contribution in [3.8, 4) is 0 Å². The van der Waals surface area contributed by atoms with E-state index in [1.807, 2.05) is 18.2 Å². The van der Waals surface area contributed by atoms with Gasteiger partial charge in [0.15, 0.2) is 0 Å². The second-order valence-electron chi connectivity index (χ2n) is 5.16. The van der Waals surface area contributed by atoms with E-state index in [9.17, 15) is 4.79 Å². The molecule has 0 atom stereocenters. The lowest BCUT2D eigenvalue weighted by Gasteiger charge is -2.03. The van der Waals surface area contributed by atoms with Gasteiger partial charge in [0.2, 0.25) is 10.3 Å². The summed E-state index contributed by atoms with van der Waals surface area (Å²) in [5.74, 6) is -0.314. The van der Waals surface area contributed by atoms with Crippen LogP contribution in [0, 0.1) is 0 Å². The van der Waals surface area contributed by atoms with Crippen LogP contribution in [0.4, 0.5) is 10.3 Å². The van der Waals surface area contributed by atoms with Crippen LogP contribution >= 0.6 is 34.5 Å². The van der Waals surface area contributed by atoms with Gasteiger partial charge in [-0.1, -0.05) is 64.9 Å². The van der Waals surface area contributed by atoms with Crippen LogP contribution in [0.1, 0.15) is 15.9 Å². The number of amides is 1. The molecule has 0 unspecified atom stereocenters. The van der Waals surface area contributed by atoms with Crippen molar-refractivity contribution in [2.24, 2.45) is 0 Å². The van der Waals surface area contributed by atoms with Crippen molar-refractivity contribution >= 4 is 50.7 Å². The summed E-state index contributed by atoms with van der Waals surface area (Å²) in [6, 6.07) is 14.9. The Bertz CT molecular complexity index is 870. The van der Waals surface area contributed by atoms with Crippen molar-refractivity contribution in [3.63, 3.8) is 0 Å². The lowest BCUT2D eigenvalue weighted by molar-refractivity contribution is 0.102. The molecule has 8 heteroatoms. The molecular formula is C17H14Cl2N4OS. The topological polar surface area (TPSA) is 66.9 Å². The van der Waals surface area contributed by atoms with Gasteiger partial charge in [-0.05, 0) is 30.2 Å². The van der Waals surface area contributed by atoms with E-state index in [0.29, 0.717) is 25.9 Å². The monoisotopic (exact) mass is 392 g/mol. The first kappa shape index (κ1) is 17.7. The van der Waals surface area contributed by atoms with E-state index >= 15 is 0 Å². The molecule has 0 fully saturated rings. The third-order valence-corrected chi connectivity index (χ3v) is 4.90. The van der Waals surface area contributed by atoms with Gasteiger partial charge in [-0.15, -0.1) is 10.2 Å². The highest BCUT2D eigenvalue weighted by Crippen LogP contribution is 2.24. The average molecular weight is 393 g/mol. The first-order chi connectivity index (χ1) is 12.1. The molecule has 0 saturated heterocycles. The molecule has 0 aliphatic rings. The van der Waals surface area contributed by atoms with Crippen LogP contribution in [0.25, 0.3) is 0 Å². The van der Waals surface area contributed by atoms with Gasteiger partial charge in [0.1, 0.15) is 0 Å². The maximum atomic E-state index is 12.2. The van der Waals surface area contributed by atoms with E-state index in [1.54, 1.807) is 12.1 Å². The predicted molar refractivity (Wildman–Crippen MR) is 103 cm³/mol. The van der Waals surface area contributed by atoms with E-state index in [1.165, 1.54) is 23.0 Å². The van der Waals surface area contributed by atoms with E-state index in [-0.39, 0.29) is 5.91 Å². The highest BCUT2D eigenvalue weighted by Gasteiger charge is 2.11. The Hall–Kier alpha value is -2.15. The number of carbonyl (C=O) groups excluding carboxylic acids is 1. The molecule has 128 valence electrons. The predicted octanol–water partition coefficient (Wildman–Crippen LogP) is 4.75. The van der Waals surface area contributed by atoms with E-state index in [2.05, 4.69) is 33.0 Å². The van der Waals surface area contributed by atoms with Gasteiger partial charge >= 0.3 is 0 Å². The fourth-order valence-corrected chi connectivity index (χ4v) is 3.07. The highest BCUT2D eigenvalue weighted by molar-refractivity contribution is 7.19. The zero-order chi connectivity index (χ0) is 17.6. The Morgan fingerprint density at radius 1 is 1.00 bits per heavy atom. The van der Waals surface area contributed by atoms with Crippen LogP contribution in [0.2, 0.25) is 10.0 Å². The van der Waals surface area contributed by atoms with Crippen molar-refractivity contribution in [2.75, 3.05) is 17.2 Å².